The van der Waals surface area contributed by atoms with Gasteiger partial charge in [0.05, 0.1) is 6.54 Å². The first-order chi connectivity index (χ1) is 8.01. The van der Waals surface area contributed by atoms with Gasteiger partial charge in [-0.3, -0.25) is 4.79 Å². The molecular weight excluding hydrogens is 292 g/mol. The molecular formula is C12H10BrF2NO. The Morgan fingerprint density at radius 1 is 1.47 bits per heavy atom. The van der Waals surface area contributed by atoms with Crippen LogP contribution in [-0.2, 0) is 0 Å². The van der Waals surface area contributed by atoms with E-state index in [-0.39, 0.29) is 17.6 Å². The van der Waals surface area contributed by atoms with E-state index in [1.807, 2.05) is 0 Å². The van der Waals surface area contributed by atoms with Gasteiger partial charge in [-0.15, -0.1) is 6.42 Å². The summed E-state index contributed by atoms with van der Waals surface area (Å²) in [5.74, 6) is -0.282. The van der Waals surface area contributed by atoms with Crippen LogP contribution in [0.2, 0.25) is 0 Å². The number of carbonyl (C=O) groups excluding carboxylic acids is 1. The van der Waals surface area contributed by atoms with Gasteiger partial charge in [-0.2, -0.15) is 0 Å². The van der Waals surface area contributed by atoms with Crippen LogP contribution in [0, 0.1) is 24.0 Å². The molecule has 1 amide bonds. The Morgan fingerprint density at radius 3 is 2.41 bits per heavy atom. The molecule has 0 saturated carbocycles. The van der Waals surface area contributed by atoms with Crippen LogP contribution in [-0.4, -0.2) is 23.9 Å². The van der Waals surface area contributed by atoms with Crippen molar-refractivity contribution in [3.8, 4) is 12.3 Å². The van der Waals surface area contributed by atoms with E-state index in [0.717, 1.165) is 12.1 Å². The van der Waals surface area contributed by atoms with Crippen LogP contribution in [0.15, 0.2) is 16.6 Å². The molecule has 0 aliphatic heterocycles. The van der Waals surface area contributed by atoms with E-state index in [1.54, 1.807) is 6.92 Å². The van der Waals surface area contributed by atoms with Crippen LogP contribution >= 0.6 is 15.9 Å². The van der Waals surface area contributed by atoms with Gasteiger partial charge in [0.25, 0.3) is 5.91 Å². The molecule has 0 unspecified atom stereocenters. The highest BCUT2D eigenvalue weighted by molar-refractivity contribution is 9.10. The zero-order valence-corrected chi connectivity index (χ0v) is 10.7. The number of nitrogens with zero attached hydrogens (tertiary/aromatic N) is 1. The lowest BCUT2D eigenvalue weighted by atomic mass is 10.1. The van der Waals surface area contributed by atoms with Gasteiger partial charge in [0.2, 0.25) is 0 Å². The fraction of sp³-hybridized carbons (Fsp3) is 0.250. The Hall–Kier alpha value is -1.41. The molecule has 0 bridgehead atoms. The maximum absolute atomic E-state index is 13.5. The lowest BCUT2D eigenvalue weighted by Gasteiger charge is -2.18. The summed E-state index contributed by atoms with van der Waals surface area (Å²) in [5.41, 5.74) is -0.578. The van der Waals surface area contributed by atoms with Crippen molar-refractivity contribution in [3.63, 3.8) is 0 Å². The minimum atomic E-state index is -0.905. The minimum absolute atomic E-state index is 0.0181. The van der Waals surface area contributed by atoms with Gasteiger partial charge in [-0.05, 0) is 19.1 Å². The molecule has 0 saturated heterocycles. The van der Waals surface area contributed by atoms with Crippen LogP contribution in [0.25, 0.3) is 0 Å². The molecule has 0 aliphatic rings. The Balaban J connectivity index is 3.16. The molecule has 0 aromatic heterocycles. The standard InChI is InChI=1S/C12H10BrF2NO/c1-3-5-16(4-2)12(17)11-9(14)6-8(13)7-10(11)15/h1,6-7H,4-5H2,2H3. The quantitative estimate of drug-likeness (QED) is 0.786. The second kappa shape index (κ2) is 5.78. The lowest BCUT2D eigenvalue weighted by Crippen LogP contribution is -2.32. The van der Waals surface area contributed by atoms with Crippen molar-refractivity contribution in [1.29, 1.82) is 0 Å². The maximum Gasteiger partial charge on any atom is 0.260 e. The highest BCUT2D eigenvalue weighted by atomic mass is 79.9. The highest BCUT2D eigenvalue weighted by Crippen LogP contribution is 2.20. The molecule has 1 aromatic carbocycles. The Bertz CT molecular complexity index is 459. The molecule has 90 valence electrons. The third-order valence-electron chi connectivity index (χ3n) is 2.17. The van der Waals surface area contributed by atoms with Crippen molar-refractivity contribution in [3.05, 3.63) is 33.8 Å². The van der Waals surface area contributed by atoms with E-state index in [4.69, 9.17) is 6.42 Å². The number of carbonyl (C=O) groups is 1. The topological polar surface area (TPSA) is 20.3 Å². The molecule has 0 atom stereocenters. The SMILES string of the molecule is C#CCN(CC)C(=O)c1c(F)cc(Br)cc1F. The van der Waals surface area contributed by atoms with E-state index in [2.05, 4.69) is 21.9 Å². The largest absolute Gasteiger partial charge is 0.328 e. The number of benzene rings is 1. The molecule has 0 aliphatic carbocycles. The number of hydrogen-bond donors (Lipinski definition) is 0. The molecule has 0 spiro atoms. The first kappa shape index (κ1) is 13.7. The Kier molecular flexibility index (Phi) is 4.64. The summed E-state index contributed by atoms with van der Waals surface area (Å²) >= 11 is 2.94. The van der Waals surface area contributed by atoms with Crippen molar-refractivity contribution in [1.82, 2.24) is 4.90 Å². The van der Waals surface area contributed by atoms with E-state index in [9.17, 15) is 13.6 Å². The predicted octanol–water partition coefficient (Wildman–Crippen LogP) is 2.82. The van der Waals surface area contributed by atoms with Crippen LogP contribution in [0.5, 0.6) is 0 Å². The zero-order chi connectivity index (χ0) is 13.0. The van der Waals surface area contributed by atoms with Crippen molar-refractivity contribution >= 4 is 21.8 Å². The molecule has 0 N–H and O–H groups in total. The van der Waals surface area contributed by atoms with Crippen LogP contribution in [0.1, 0.15) is 17.3 Å². The van der Waals surface area contributed by atoms with Crippen molar-refractivity contribution in [2.45, 2.75) is 6.92 Å². The summed E-state index contributed by atoms with van der Waals surface area (Å²) in [4.78, 5) is 13.0. The van der Waals surface area contributed by atoms with E-state index in [0.29, 0.717) is 0 Å². The fourth-order valence-corrected chi connectivity index (χ4v) is 1.74. The minimum Gasteiger partial charge on any atom is -0.328 e. The summed E-state index contributed by atoms with van der Waals surface area (Å²) in [6.07, 6.45) is 5.08. The maximum atomic E-state index is 13.5. The summed E-state index contributed by atoms with van der Waals surface area (Å²) in [6.45, 7) is 1.99. The molecule has 1 aromatic rings. The van der Waals surface area contributed by atoms with Crippen molar-refractivity contribution in [2.24, 2.45) is 0 Å². The first-order valence-electron chi connectivity index (χ1n) is 4.88. The summed E-state index contributed by atoms with van der Waals surface area (Å²) in [6, 6.07) is 2.08. The van der Waals surface area contributed by atoms with Gasteiger partial charge < -0.3 is 4.90 Å². The Labute approximate surface area is 107 Å². The third kappa shape index (κ3) is 3.04. The first-order valence-corrected chi connectivity index (χ1v) is 5.67. The van der Waals surface area contributed by atoms with Gasteiger partial charge in [0, 0.05) is 11.0 Å². The van der Waals surface area contributed by atoms with Crippen LogP contribution in [0.4, 0.5) is 8.78 Å². The van der Waals surface area contributed by atoms with Crippen LogP contribution < -0.4 is 0 Å². The van der Waals surface area contributed by atoms with Gasteiger partial charge in [-0.25, -0.2) is 8.78 Å². The van der Waals surface area contributed by atoms with Crippen molar-refractivity contribution < 1.29 is 13.6 Å². The lowest BCUT2D eigenvalue weighted by molar-refractivity contribution is 0.0775. The second-order valence-electron chi connectivity index (χ2n) is 3.27. The smallest absolute Gasteiger partial charge is 0.260 e. The van der Waals surface area contributed by atoms with Gasteiger partial charge in [-0.1, -0.05) is 21.9 Å². The molecule has 5 heteroatoms. The molecule has 0 heterocycles. The Morgan fingerprint density at radius 2 is 2.00 bits per heavy atom. The molecule has 17 heavy (non-hydrogen) atoms. The van der Waals surface area contributed by atoms with Gasteiger partial charge >= 0.3 is 0 Å². The van der Waals surface area contributed by atoms with E-state index in [1.165, 1.54) is 4.90 Å². The number of amides is 1. The molecule has 1 rings (SSSR count). The number of rotatable bonds is 3. The fourth-order valence-electron chi connectivity index (χ4n) is 1.34. The van der Waals surface area contributed by atoms with Crippen LogP contribution in [0.3, 0.4) is 0 Å². The van der Waals surface area contributed by atoms with Gasteiger partial charge in [0.15, 0.2) is 0 Å². The molecule has 0 radical (unpaired) electrons. The summed E-state index contributed by atoms with van der Waals surface area (Å²) < 4.78 is 27.3. The normalized spacial score (nSPS) is 9.82. The molecule has 0 fully saturated rings. The van der Waals surface area contributed by atoms with Gasteiger partial charge in [0.1, 0.15) is 17.2 Å². The van der Waals surface area contributed by atoms with Crippen molar-refractivity contribution in [2.75, 3.05) is 13.1 Å². The van der Waals surface area contributed by atoms with E-state index >= 15 is 0 Å². The summed E-state index contributed by atoms with van der Waals surface area (Å²) in [5, 5.41) is 0. The predicted molar refractivity (Wildman–Crippen MR) is 64.5 cm³/mol. The molecule has 2 nitrogen and oxygen atoms in total. The summed E-state index contributed by atoms with van der Waals surface area (Å²) in [7, 11) is 0. The number of hydrogen-bond acceptors (Lipinski definition) is 1. The number of halogens is 3. The third-order valence-corrected chi connectivity index (χ3v) is 2.63. The average molecular weight is 302 g/mol. The number of terminal acetylenes is 1. The average Bonchev–Trinajstić information content (AvgIpc) is 2.24. The highest BCUT2D eigenvalue weighted by Gasteiger charge is 2.22. The second-order valence-corrected chi connectivity index (χ2v) is 4.18. The van der Waals surface area contributed by atoms with E-state index < -0.39 is 23.1 Å². The zero-order valence-electron chi connectivity index (χ0n) is 9.14. The monoisotopic (exact) mass is 301 g/mol.